The molecular weight excluding hydrogens is 194 g/mol. The molecule has 0 heterocycles. The first kappa shape index (κ1) is 12.5. The Bertz CT molecular complexity index is 212. The molecule has 0 radical (unpaired) electrons. The topological polar surface area (TPSA) is 58.6 Å². The largest absolute Gasteiger partial charge is 0.396 e. The average molecular weight is 215 g/mol. The maximum absolute atomic E-state index is 11.3. The fraction of sp³-hybridized carbons (Fsp3) is 0.909. The Kier molecular flexibility index (Phi) is 4.54. The Morgan fingerprint density at radius 3 is 2.67 bits per heavy atom. The van der Waals surface area contributed by atoms with Gasteiger partial charge in [0.2, 0.25) is 5.91 Å². The van der Waals surface area contributed by atoms with Crippen LogP contribution in [0.3, 0.4) is 0 Å². The van der Waals surface area contributed by atoms with Crippen LogP contribution in [0, 0.1) is 5.41 Å². The molecule has 0 atom stereocenters. The monoisotopic (exact) mass is 215 g/mol. The highest BCUT2D eigenvalue weighted by molar-refractivity contribution is 5.77. The van der Waals surface area contributed by atoms with Crippen LogP contribution in [0.1, 0.15) is 33.1 Å². The predicted octanol–water partition coefficient (Wildman–Crippen LogP) is 0.690. The molecule has 1 aliphatic carbocycles. The van der Waals surface area contributed by atoms with Gasteiger partial charge in [0.15, 0.2) is 0 Å². The van der Waals surface area contributed by atoms with Gasteiger partial charge >= 0.3 is 0 Å². The highest BCUT2D eigenvalue weighted by Gasteiger charge is 2.41. The molecule has 0 aromatic heterocycles. The van der Waals surface area contributed by atoms with Gasteiger partial charge in [-0.2, -0.15) is 0 Å². The van der Waals surface area contributed by atoms with Crippen LogP contribution < -0.4 is 5.32 Å². The molecule has 0 aliphatic heterocycles. The van der Waals surface area contributed by atoms with Crippen molar-refractivity contribution in [2.75, 3.05) is 19.8 Å². The van der Waals surface area contributed by atoms with E-state index < -0.39 is 0 Å². The fourth-order valence-electron chi connectivity index (χ4n) is 1.51. The zero-order chi connectivity index (χ0) is 11.3. The molecule has 0 spiro atoms. The number of nitrogens with one attached hydrogen (secondary N) is 1. The molecule has 1 rings (SSSR count). The van der Waals surface area contributed by atoms with E-state index in [0.29, 0.717) is 6.54 Å². The average Bonchev–Trinajstić information content (AvgIpc) is 2.93. The Hall–Kier alpha value is -0.610. The lowest BCUT2D eigenvalue weighted by molar-refractivity contribution is -0.127. The molecule has 0 saturated heterocycles. The summed E-state index contributed by atoms with van der Waals surface area (Å²) in [6.45, 7) is 4.82. The molecule has 88 valence electrons. The number of rotatable bonds is 7. The van der Waals surface area contributed by atoms with Gasteiger partial charge in [-0.3, -0.25) is 4.79 Å². The zero-order valence-corrected chi connectivity index (χ0v) is 9.58. The van der Waals surface area contributed by atoms with Crippen LogP contribution in [0.25, 0.3) is 0 Å². The minimum absolute atomic E-state index is 0.0621. The second-order valence-electron chi connectivity index (χ2n) is 4.61. The van der Waals surface area contributed by atoms with Crippen molar-refractivity contribution in [3.63, 3.8) is 0 Å². The SMILES string of the molecule is CC(C)OCC(=O)NCC1(CCO)CC1. The number of aliphatic hydroxyl groups excluding tert-OH is 1. The Balaban J connectivity index is 2.11. The van der Waals surface area contributed by atoms with Crippen molar-refractivity contribution in [3.8, 4) is 0 Å². The van der Waals surface area contributed by atoms with Crippen molar-refractivity contribution in [3.05, 3.63) is 0 Å². The molecule has 0 aromatic carbocycles. The van der Waals surface area contributed by atoms with Crippen LogP contribution in [0.4, 0.5) is 0 Å². The van der Waals surface area contributed by atoms with E-state index in [1.54, 1.807) is 0 Å². The summed E-state index contributed by atoms with van der Waals surface area (Å²) in [5.41, 5.74) is 0.183. The van der Waals surface area contributed by atoms with Crippen molar-refractivity contribution < 1.29 is 14.6 Å². The lowest BCUT2D eigenvalue weighted by Gasteiger charge is -2.15. The summed E-state index contributed by atoms with van der Waals surface area (Å²) in [5.74, 6) is -0.0621. The van der Waals surface area contributed by atoms with Gasteiger partial charge in [0.1, 0.15) is 6.61 Å². The van der Waals surface area contributed by atoms with E-state index in [1.165, 1.54) is 0 Å². The highest BCUT2D eigenvalue weighted by Crippen LogP contribution is 2.47. The molecule has 0 bridgehead atoms. The van der Waals surface area contributed by atoms with Crippen LogP contribution >= 0.6 is 0 Å². The summed E-state index contributed by atoms with van der Waals surface area (Å²) >= 11 is 0. The third-order valence-corrected chi connectivity index (χ3v) is 2.81. The summed E-state index contributed by atoms with van der Waals surface area (Å²) in [5, 5.41) is 11.7. The summed E-state index contributed by atoms with van der Waals surface area (Å²) in [4.78, 5) is 11.3. The second kappa shape index (κ2) is 5.47. The van der Waals surface area contributed by atoms with Gasteiger partial charge in [0.25, 0.3) is 0 Å². The first-order chi connectivity index (χ1) is 7.08. The number of hydrogen-bond acceptors (Lipinski definition) is 3. The molecule has 4 heteroatoms. The Morgan fingerprint density at radius 2 is 2.20 bits per heavy atom. The van der Waals surface area contributed by atoms with E-state index >= 15 is 0 Å². The fourth-order valence-corrected chi connectivity index (χ4v) is 1.51. The van der Waals surface area contributed by atoms with Crippen LogP contribution in [0.5, 0.6) is 0 Å². The van der Waals surface area contributed by atoms with Gasteiger partial charge in [0.05, 0.1) is 6.10 Å². The highest BCUT2D eigenvalue weighted by atomic mass is 16.5. The van der Waals surface area contributed by atoms with Crippen LogP contribution in [0.2, 0.25) is 0 Å². The number of hydrogen-bond donors (Lipinski definition) is 2. The molecule has 1 saturated carbocycles. The summed E-state index contributed by atoms with van der Waals surface area (Å²) in [6, 6.07) is 0. The molecule has 4 nitrogen and oxygen atoms in total. The van der Waals surface area contributed by atoms with E-state index in [-0.39, 0.29) is 30.6 Å². The van der Waals surface area contributed by atoms with Gasteiger partial charge in [-0.25, -0.2) is 0 Å². The van der Waals surface area contributed by atoms with E-state index in [2.05, 4.69) is 5.32 Å². The van der Waals surface area contributed by atoms with Crippen LogP contribution in [-0.4, -0.2) is 36.9 Å². The van der Waals surface area contributed by atoms with Crippen LogP contribution in [-0.2, 0) is 9.53 Å². The van der Waals surface area contributed by atoms with Crippen molar-refractivity contribution in [2.24, 2.45) is 5.41 Å². The molecule has 0 unspecified atom stereocenters. The van der Waals surface area contributed by atoms with Crippen molar-refractivity contribution >= 4 is 5.91 Å². The standard InChI is InChI=1S/C11H21NO3/c1-9(2)15-7-10(14)12-8-11(3-4-11)5-6-13/h9,13H,3-8H2,1-2H3,(H,12,14). The molecule has 2 N–H and O–H groups in total. The van der Waals surface area contributed by atoms with Gasteiger partial charge in [-0.1, -0.05) is 0 Å². The second-order valence-corrected chi connectivity index (χ2v) is 4.61. The summed E-state index contributed by atoms with van der Waals surface area (Å²) in [7, 11) is 0. The smallest absolute Gasteiger partial charge is 0.246 e. The van der Waals surface area contributed by atoms with Crippen LogP contribution in [0.15, 0.2) is 0 Å². The lowest BCUT2D eigenvalue weighted by Crippen LogP contribution is -2.34. The number of carbonyl (C=O) groups is 1. The number of amides is 1. The number of carbonyl (C=O) groups excluding carboxylic acids is 1. The first-order valence-corrected chi connectivity index (χ1v) is 5.57. The Morgan fingerprint density at radius 1 is 1.53 bits per heavy atom. The normalized spacial score (nSPS) is 17.9. The number of aliphatic hydroxyl groups is 1. The van der Waals surface area contributed by atoms with Gasteiger partial charge in [-0.15, -0.1) is 0 Å². The van der Waals surface area contributed by atoms with Crippen molar-refractivity contribution in [2.45, 2.75) is 39.2 Å². The van der Waals surface area contributed by atoms with Gasteiger partial charge in [0, 0.05) is 13.2 Å². The summed E-state index contributed by atoms with van der Waals surface area (Å²) < 4.78 is 5.19. The van der Waals surface area contributed by atoms with E-state index in [0.717, 1.165) is 19.3 Å². The molecule has 1 amide bonds. The first-order valence-electron chi connectivity index (χ1n) is 5.57. The molecule has 0 aromatic rings. The minimum Gasteiger partial charge on any atom is -0.396 e. The maximum Gasteiger partial charge on any atom is 0.246 e. The van der Waals surface area contributed by atoms with E-state index in [4.69, 9.17) is 9.84 Å². The molecule has 15 heavy (non-hydrogen) atoms. The van der Waals surface area contributed by atoms with Crippen molar-refractivity contribution in [1.29, 1.82) is 0 Å². The molecule has 1 fully saturated rings. The van der Waals surface area contributed by atoms with Gasteiger partial charge < -0.3 is 15.2 Å². The maximum atomic E-state index is 11.3. The molecular formula is C11H21NO3. The quantitative estimate of drug-likeness (QED) is 0.657. The zero-order valence-electron chi connectivity index (χ0n) is 9.58. The predicted molar refractivity (Wildman–Crippen MR) is 57.5 cm³/mol. The molecule has 1 aliphatic rings. The van der Waals surface area contributed by atoms with Gasteiger partial charge in [-0.05, 0) is 38.5 Å². The third kappa shape index (κ3) is 4.62. The van der Waals surface area contributed by atoms with E-state index in [9.17, 15) is 4.79 Å². The minimum atomic E-state index is -0.0621. The number of ether oxygens (including phenoxy) is 1. The summed E-state index contributed by atoms with van der Waals surface area (Å²) in [6.07, 6.45) is 3.10. The van der Waals surface area contributed by atoms with Crippen molar-refractivity contribution in [1.82, 2.24) is 5.32 Å². The van der Waals surface area contributed by atoms with E-state index in [1.807, 2.05) is 13.8 Å². The lowest BCUT2D eigenvalue weighted by atomic mass is 10.0. The Labute approximate surface area is 91.0 Å². The third-order valence-electron chi connectivity index (χ3n) is 2.81.